The summed E-state index contributed by atoms with van der Waals surface area (Å²) in [6, 6.07) is 3.91. The van der Waals surface area contributed by atoms with Crippen molar-refractivity contribution < 1.29 is 16.8 Å². The van der Waals surface area contributed by atoms with Gasteiger partial charge in [0.1, 0.15) is 11.6 Å². The van der Waals surface area contributed by atoms with Crippen LogP contribution in [-0.4, -0.2) is 88.6 Å². The second-order valence-corrected chi connectivity index (χ2v) is 19.7. The van der Waals surface area contributed by atoms with Gasteiger partial charge in [-0.25, -0.2) is 36.2 Å². The molecule has 10 rings (SSSR count). The summed E-state index contributed by atoms with van der Waals surface area (Å²) >= 11 is 0. The van der Waals surface area contributed by atoms with Crippen molar-refractivity contribution in [2.75, 3.05) is 0 Å². The second kappa shape index (κ2) is 13.9. The van der Waals surface area contributed by atoms with E-state index in [9.17, 15) is 16.8 Å². The van der Waals surface area contributed by atoms with Crippen LogP contribution in [0.1, 0.15) is 114 Å². The average Bonchev–Trinajstić information content (AvgIpc) is 3.93. The first-order valence-electron chi connectivity index (χ1n) is 19.5. The summed E-state index contributed by atoms with van der Waals surface area (Å²) in [6.07, 6.45) is 17.6. The third-order valence-electron chi connectivity index (χ3n) is 12.7. The zero-order valence-electron chi connectivity index (χ0n) is 30.6. The summed E-state index contributed by atoms with van der Waals surface area (Å²) in [7, 11) is -6.41. The van der Waals surface area contributed by atoms with Crippen LogP contribution >= 0.6 is 0 Å². The molecule has 6 heterocycles. The van der Waals surface area contributed by atoms with Crippen LogP contribution in [0.4, 0.5) is 0 Å². The number of aromatic nitrogens is 10. The first-order chi connectivity index (χ1) is 26.1. The molecular weight excluding hydrogens is 729 g/mol. The minimum atomic E-state index is -3.21. The monoisotopic (exact) mass is 776 g/mol. The van der Waals surface area contributed by atoms with Crippen molar-refractivity contribution in [2.24, 2.45) is 11.8 Å². The van der Waals surface area contributed by atoms with Crippen LogP contribution in [0.5, 0.6) is 0 Å². The molecule has 6 atom stereocenters. The number of hydrogen-bond donors (Lipinski definition) is 4. The van der Waals surface area contributed by atoms with Gasteiger partial charge in [0.2, 0.25) is 20.0 Å². The Bertz CT molecular complexity index is 2340. The van der Waals surface area contributed by atoms with Crippen LogP contribution in [-0.2, 0) is 20.0 Å². The highest BCUT2D eigenvalue weighted by Crippen LogP contribution is 2.43. The molecule has 0 spiro atoms. The highest BCUT2D eigenvalue weighted by atomic mass is 32.2. The maximum absolute atomic E-state index is 12.6. The van der Waals surface area contributed by atoms with E-state index in [-0.39, 0.29) is 34.4 Å². The standard InChI is InChI=1S/2C18H24N6O2S/c2*1-2-11-8-12(23-27(25,26)13-4-3-5-13)9-14(11)18-22-21-16-10-20-17-15(24(16)18)6-7-19-17/h2*6-7,10-14,19,23H,2-5,8-9H2,1H3/t2*11-,12+,14+/m10/s1. The fourth-order valence-corrected chi connectivity index (χ4v) is 12.9. The van der Waals surface area contributed by atoms with Crippen LogP contribution in [0.2, 0.25) is 0 Å². The molecule has 4 aliphatic rings. The van der Waals surface area contributed by atoms with Gasteiger partial charge in [-0.1, -0.05) is 39.5 Å². The Morgan fingerprint density at radius 1 is 0.648 bits per heavy atom. The highest BCUT2D eigenvalue weighted by Gasteiger charge is 2.42. The molecule has 16 nitrogen and oxygen atoms in total. The molecule has 288 valence electrons. The molecule has 0 aliphatic heterocycles. The number of nitrogens with one attached hydrogen (secondary N) is 4. The number of H-pyrrole nitrogens is 2. The predicted molar refractivity (Wildman–Crippen MR) is 204 cm³/mol. The van der Waals surface area contributed by atoms with Crippen LogP contribution in [0.3, 0.4) is 0 Å². The summed E-state index contributed by atoms with van der Waals surface area (Å²) in [5, 5.41) is 17.2. The SMILES string of the molecule is CC[C@@H]1C[C@H](NS(=O)(=O)C2CCC2)C[C@@H]1c1nnc2cnc3[nH]ccc3n12.CC[C@H]1C[C@@H](NS(=O)(=O)C2CCC2)C[C@H]1c1nnc2cnc3[nH]ccc3n12. The average molecular weight is 777 g/mol. The summed E-state index contributed by atoms with van der Waals surface area (Å²) < 4.78 is 60.3. The maximum Gasteiger partial charge on any atom is 0.214 e. The fourth-order valence-electron chi connectivity index (χ4n) is 9.27. The lowest BCUT2D eigenvalue weighted by atomic mass is 9.93. The third kappa shape index (κ3) is 6.27. The van der Waals surface area contributed by atoms with Crippen LogP contribution in [0.15, 0.2) is 36.9 Å². The molecule has 4 fully saturated rings. The summed E-state index contributed by atoms with van der Waals surface area (Å²) in [5.41, 5.74) is 4.98. The van der Waals surface area contributed by atoms with Crippen molar-refractivity contribution in [1.82, 2.24) is 58.6 Å². The molecule has 0 amide bonds. The van der Waals surface area contributed by atoms with Gasteiger partial charge in [-0.2, -0.15) is 0 Å². The van der Waals surface area contributed by atoms with Gasteiger partial charge >= 0.3 is 0 Å². The fraction of sp³-hybridized carbons (Fsp3) is 0.611. The van der Waals surface area contributed by atoms with Crippen molar-refractivity contribution >= 4 is 53.7 Å². The topological polar surface area (TPSA) is 210 Å². The smallest absolute Gasteiger partial charge is 0.214 e. The van der Waals surface area contributed by atoms with Gasteiger partial charge in [-0.3, -0.25) is 8.80 Å². The second-order valence-electron chi connectivity index (χ2n) is 15.8. The summed E-state index contributed by atoms with van der Waals surface area (Å²) in [5.74, 6) is 2.95. The molecule has 0 aromatic carbocycles. The van der Waals surface area contributed by atoms with E-state index in [0.29, 0.717) is 11.8 Å². The Balaban J connectivity index is 0.000000142. The molecule has 0 saturated heterocycles. The van der Waals surface area contributed by atoms with E-state index < -0.39 is 20.0 Å². The Labute approximate surface area is 313 Å². The molecule has 6 aromatic rings. The highest BCUT2D eigenvalue weighted by molar-refractivity contribution is 7.90. The largest absolute Gasteiger partial charge is 0.345 e. The van der Waals surface area contributed by atoms with Crippen LogP contribution in [0.25, 0.3) is 33.6 Å². The Morgan fingerprint density at radius 3 is 1.44 bits per heavy atom. The van der Waals surface area contributed by atoms with Gasteiger partial charge in [0.05, 0.1) is 33.9 Å². The summed E-state index contributed by atoms with van der Waals surface area (Å²) in [4.78, 5) is 15.0. The lowest BCUT2D eigenvalue weighted by Crippen LogP contribution is -2.42. The quantitative estimate of drug-likeness (QED) is 0.151. The van der Waals surface area contributed by atoms with E-state index in [1.165, 1.54) is 0 Å². The molecule has 0 bridgehead atoms. The molecule has 0 radical (unpaired) electrons. The molecule has 6 aromatic heterocycles. The minimum absolute atomic E-state index is 0.0264. The number of nitrogens with zero attached hydrogens (tertiary/aromatic N) is 8. The lowest BCUT2D eigenvalue weighted by molar-refractivity contribution is 0.445. The van der Waals surface area contributed by atoms with Gasteiger partial charge in [-0.15, -0.1) is 20.4 Å². The number of aromatic amines is 2. The molecule has 4 N–H and O–H groups in total. The predicted octanol–water partition coefficient (Wildman–Crippen LogP) is 4.70. The first kappa shape index (κ1) is 35.7. The van der Waals surface area contributed by atoms with Crippen LogP contribution < -0.4 is 9.44 Å². The maximum atomic E-state index is 12.6. The van der Waals surface area contributed by atoms with Crippen molar-refractivity contribution in [3.63, 3.8) is 0 Å². The molecule has 54 heavy (non-hydrogen) atoms. The van der Waals surface area contributed by atoms with Gasteiger partial charge in [0.25, 0.3) is 0 Å². The number of fused-ring (bicyclic) bond motifs is 6. The van der Waals surface area contributed by atoms with E-state index in [2.05, 4.69) is 72.4 Å². The van der Waals surface area contributed by atoms with E-state index in [4.69, 9.17) is 0 Å². The lowest BCUT2D eigenvalue weighted by Gasteiger charge is -2.27. The minimum Gasteiger partial charge on any atom is -0.345 e. The number of sulfonamides is 2. The van der Waals surface area contributed by atoms with Crippen molar-refractivity contribution in [3.05, 3.63) is 48.6 Å². The van der Waals surface area contributed by atoms with Crippen molar-refractivity contribution in [3.8, 4) is 0 Å². The van der Waals surface area contributed by atoms with Crippen LogP contribution in [0, 0.1) is 11.8 Å². The Kier molecular flexibility index (Phi) is 9.21. The molecule has 4 aliphatic carbocycles. The van der Waals surface area contributed by atoms with E-state index in [1.54, 1.807) is 12.4 Å². The van der Waals surface area contributed by atoms with Gasteiger partial charge < -0.3 is 9.97 Å². The van der Waals surface area contributed by atoms with E-state index in [1.807, 2.05) is 24.5 Å². The zero-order chi connectivity index (χ0) is 37.2. The number of hydrogen-bond acceptors (Lipinski definition) is 10. The zero-order valence-corrected chi connectivity index (χ0v) is 32.2. The Hall–Kier alpha value is -4.00. The molecule has 0 unspecified atom stereocenters. The van der Waals surface area contributed by atoms with E-state index in [0.717, 1.165) is 122 Å². The Morgan fingerprint density at radius 2 is 1.07 bits per heavy atom. The number of rotatable bonds is 10. The van der Waals surface area contributed by atoms with E-state index >= 15 is 0 Å². The normalized spacial score (nSPS) is 26.8. The summed E-state index contributed by atoms with van der Waals surface area (Å²) in [6.45, 7) is 4.33. The molecule has 18 heteroatoms. The third-order valence-corrected chi connectivity index (χ3v) is 16.7. The van der Waals surface area contributed by atoms with Gasteiger partial charge in [0.15, 0.2) is 22.6 Å². The van der Waals surface area contributed by atoms with Crippen molar-refractivity contribution in [2.45, 2.75) is 125 Å². The van der Waals surface area contributed by atoms with Gasteiger partial charge in [0, 0.05) is 36.3 Å². The van der Waals surface area contributed by atoms with Gasteiger partial charge in [-0.05, 0) is 75.3 Å². The van der Waals surface area contributed by atoms with Crippen molar-refractivity contribution in [1.29, 1.82) is 0 Å². The first-order valence-corrected chi connectivity index (χ1v) is 22.6. The molecular formula is C36H48N12O4S2. The molecule has 4 saturated carbocycles.